The second-order valence-corrected chi connectivity index (χ2v) is 5.22. The molecule has 0 saturated heterocycles. The summed E-state index contributed by atoms with van der Waals surface area (Å²) in [7, 11) is 0. The molecule has 4 N–H and O–H groups in total. The molecule has 0 fully saturated rings. The van der Waals surface area contributed by atoms with Crippen molar-refractivity contribution in [2.24, 2.45) is 0 Å². The standard InChI is InChI=1S/C16H12ClN3O2/c17-10-1-4-15(21)13(6-10)16(22)20-11-2-3-12-9(5-11)7-19-8-14(12)18/h1-8,21H,18H2,(H,20,22). The Kier molecular flexibility index (Phi) is 3.56. The van der Waals surface area contributed by atoms with Gasteiger partial charge in [-0.2, -0.15) is 0 Å². The van der Waals surface area contributed by atoms with E-state index in [9.17, 15) is 9.90 Å². The smallest absolute Gasteiger partial charge is 0.259 e. The zero-order valence-corrected chi connectivity index (χ0v) is 12.1. The van der Waals surface area contributed by atoms with Gasteiger partial charge < -0.3 is 16.2 Å². The molecule has 22 heavy (non-hydrogen) atoms. The predicted molar refractivity (Wildman–Crippen MR) is 87.2 cm³/mol. The van der Waals surface area contributed by atoms with E-state index in [1.54, 1.807) is 30.6 Å². The SMILES string of the molecule is Nc1cncc2cc(NC(=O)c3cc(Cl)ccc3O)ccc12. The number of aromatic nitrogens is 1. The summed E-state index contributed by atoms with van der Waals surface area (Å²) in [5.74, 6) is -0.579. The number of nitrogens with one attached hydrogen (secondary N) is 1. The van der Waals surface area contributed by atoms with Crippen molar-refractivity contribution in [3.05, 3.63) is 59.4 Å². The summed E-state index contributed by atoms with van der Waals surface area (Å²) in [6.07, 6.45) is 3.24. The Morgan fingerprint density at radius 2 is 2.00 bits per heavy atom. The van der Waals surface area contributed by atoms with Crippen LogP contribution in [0.25, 0.3) is 10.8 Å². The van der Waals surface area contributed by atoms with E-state index in [4.69, 9.17) is 17.3 Å². The van der Waals surface area contributed by atoms with Crippen LogP contribution in [0.15, 0.2) is 48.8 Å². The first-order valence-corrected chi connectivity index (χ1v) is 6.85. The second-order valence-electron chi connectivity index (χ2n) is 4.78. The molecule has 3 rings (SSSR count). The third-order valence-corrected chi connectivity index (χ3v) is 3.49. The van der Waals surface area contributed by atoms with E-state index in [0.717, 1.165) is 10.8 Å². The van der Waals surface area contributed by atoms with E-state index in [0.29, 0.717) is 16.4 Å². The molecule has 0 atom stereocenters. The fraction of sp³-hybridized carbons (Fsp3) is 0. The summed E-state index contributed by atoms with van der Waals surface area (Å²) in [6.45, 7) is 0. The maximum absolute atomic E-state index is 12.2. The molecule has 1 amide bonds. The number of phenolic OH excluding ortho intramolecular Hbond substituents is 1. The summed E-state index contributed by atoms with van der Waals surface area (Å²) in [4.78, 5) is 16.2. The lowest BCUT2D eigenvalue weighted by molar-refractivity contribution is 0.102. The minimum absolute atomic E-state index is 0.110. The maximum Gasteiger partial charge on any atom is 0.259 e. The van der Waals surface area contributed by atoms with E-state index < -0.39 is 5.91 Å². The molecule has 0 bridgehead atoms. The quantitative estimate of drug-likeness (QED) is 0.676. The van der Waals surface area contributed by atoms with Crippen molar-refractivity contribution in [1.82, 2.24) is 4.98 Å². The van der Waals surface area contributed by atoms with E-state index in [2.05, 4.69) is 10.3 Å². The lowest BCUT2D eigenvalue weighted by atomic mass is 10.1. The van der Waals surface area contributed by atoms with Gasteiger partial charge in [-0.15, -0.1) is 0 Å². The lowest BCUT2D eigenvalue weighted by Gasteiger charge is -2.09. The number of benzene rings is 2. The largest absolute Gasteiger partial charge is 0.507 e. The molecule has 0 radical (unpaired) electrons. The van der Waals surface area contributed by atoms with Crippen molar-refractivity contribution in [2.45, 2.75) is 0 Å². The van der Waals surface area contributed by atoms with Crippen molar-refractivity contribution in [1.29, 1.82) is 0 Å². The molecule has 0 aliphatic carbocycles. The number of fused-ring (bicyclic) bond motifs is 1. The van der Waals surface area contributed by atoms with Crippen LogP contribution in [0.1, 0.15) is 10.4 Å². The number of hydrogen-bond donors (Lipinski definition) is 3. The van der Waals surface area contributed by atoms with Gasteiger partial charge in [0.15, 0.2) is 0 Å². The number of carbonyl (C=O) groups excluding carboxylic acids is 1. The molecular formula is C16H12ClN3O2. The third-order valence-electron chi connectivity index (χ3n) is 3.25. The topological polar surface area (TPSA) is 88.2 Å². The fourth-order valence-corrected chi connectivity index (χ4v) is 2.34. The molecule has 2 aromatic carbocycles. The van der Waals surface area contributed by atoms with Gasteiger partial charge >= 0.3 is 0 Å². The Bertz CT molecular complexity index is 880. The number of amides is 1. The molecule has 5 nitrogen and oxygen atoms in total. The Balaban J connectivity index is 1.92. The van der Waals surface area contributed by atoms with Crippen LogP contribution in [0, 0.1) is 0 Å². The monoisotopic (exact) mass is 313 g/mol. The highest BCUT2D eigenvalue weighted by atomic mass is 35.5. The average Bonchev–Trinajstić information content (AvgIpc) is 2.50. The van der Waals surface area contributed by atoms with E-state index in [1.165, 1.54) is 18.2 Å². The minimum atomic E-state index is -0.448. The molecule has 0 spiro atoms. The van der Waals surface area contributed by atoms with Crippen LogP contribution in [-0.4, -0.2) is 16.0 Å². The van der Waals surface area contributed by atoms with Gasteiger partial charge in [-0.1, -0.05) is 17.7 Å². The molecule has 110 valence electrons. The number of hydrogen-bond acceptors (Lipinski definition) is 4. The number of halogens is 1. The number of aromatic hydroxyl groups is 1. The van der Waals surface area contributed by atoms with Crippen molar-refractivity contribution in [2.75, 3.05) is 11.1 Å². The van der Waals surface area contributed by atoms with Gasteiger partial charge in [0.2, 0.25) is 0 Å². The summed E-state index contributed by atoms with van der Waals surface area (Å²) < 4.78 is 0. The first-order valence-electron chi connectivity index (χ1n) is 6.48. The van der Waals surface area contributed by atoms with Gasteiger partial charge in [0.05, 0.1) is 17.4 Å². The van der Waals surface area contributed by atoms with Crippen LogP contribution in [0.4, 0.5) is 11.4 Å². The molecule has 1 heterocycles. The number of nitrogens with zero attached hydrogens (tertiary/aromatic N) is 1. The number of carbonyl (C=O) groups is 1. The lowest BCUT2D eigenvalue weighted by Crippen LogP contribution is -2.12. The van der Waals surface area contributed by atoms with Crippen LogP contribution < -0.4 is 11.1 Å². The van der Waals surface area contributed by atoms with Gasteiger partial charge in [-0.25, -0.2) is 0 Å². The van der Waals surface area contributed by atoms with E-state index in [1.807, 2.05) is 0 Å². The zero-order chi connectivity index (χ0) is 15.7. The van der Waals surface area contributed by atoms with Crippen molar-refractivity contribution < 1.29 is 9.90 Å². The van der Waals surface area contributed by atoms with Gasteiger partial charge in [0.1, 0.15) is 5.75 Å². The van der Waals surface area contributed by atoms with Crippen molar-refractivity contribution in [3.63, 3.8) is 0 Å². The molecule has 0 saturated carbocycles. The number of phenols is 1. The van der Waals surface area contributed by atoms with E-state index >= 15 is 0 Å². The second kappa shape index (κ2) is 5.54. The summed E-state index contributed by atoms with van der Waals surface area (Å²) in [6, 6.07) is 9.60. The summed E-state index contributed by atoms with van der Waals surface area (Å²) in [5, 5.41) is 14.5. The Labute approximate surface area is 131 Å². The summed E-state index contributed by atoms with van der Waals surface area (Å²) in [5.41, 5.74) is 7.09. The highest BCUT2D eigenvalue weighted by Crippen LogP contribution is 2.25. The van der Waals surface area contributed by atoms with Crippen LogP contribution in [0.2, 0.25) is 5.02 Å². The number of nitrogens with two attached hydrogens (primary N) is 1. The molecule has 1 aromatic heterocycles. The van der Waals surface area contributed by atoms with Crippen LogP contribution in [-0.2, 0) is 0 Å². The Morgan fingerprint density at radius 1 is 1.18 bits per heavy atom. The molecular weight excluding hydrogens is 302 g/mol. The molecule has 6 heteroatoms. The molecule has 0 unspecified atom stereocenters. The molecule has 3 aromatic rings. The highest BCUT2D eigenvalue weighted by molar-refractivity contribution is 6.31. The van der Waals surface area contributed by atoms with Gasteiger partial charge in [-0.05, 0) is 30.3 Å². The van der Waals surface area contributed by atoms with Crippen molar-refractivity contribution in [3.8, 4) is 5.75 Å². The number of anilines is 2. The highest BCUT2D eigenvalue weighted by Gasteiger charge is 2.12. The molecule has 0 aliphatic heterocycles. The van der Waals surface area contributed by atoms with E-state index in [-0.39, 0.29) is 11.3 Å². The van der Waals surface area contributed by atoms with Gasteiger partial charge in [0.25, 0.3) is 5.91 Å². The number of nitrogen functional groups attached to an aromatic ring is 1. The Morgan fingerprint density at radius 3 is 2.82 bits per heavy atom. The third kappa shape index (κ3) is 2.66. The minimum Gasteiger partial charge on any atom is -0.507 e. The normalized spacial score (nSPS) is 10.6. The van der Waals surface area contributed by atoms with Gasteiger partial charge in [-0.3, -0.25) is 9.78 Å². The first kappa shape index (κ1) is 14.2. The average molecular weight is 314 g/mol. The van der Waals surface area contributed by atoms with Gasteiger partial charge in [0, 0.05) is 27.7 Å². The number of pyridine rings is 1. The Hall–Kier alpha value is -2.79. The fourth-order valence-electron chi connectivity index (χ4n) is 2.17. The van der Waals surface area contributed by atoms with Crippen LogP contribution in [0.5, 0.6) is 5.75 Å². The maximum atomic E-state index is 12.2. The predicted octanol–water partition coefficient (Wildman–Crippen LogP) is 3.43. The number of rotatable bonds is 2. The zero-order valence-electron chi connectivity index (χ0n) is 11.4. The summed E-state index contributed by atoms with van der Waals surface area (Å²) >= 11 is 5.85. The van der Waals surface area contributed by atoms with Crippen LogP contribution >= 0.6 is 11.6 Å². The van der Waals surface area contributed by atoms with Crippen LogP contribution in [0.3, 0.4) is 0 Å². The van der Waals surface area contributed by atoms with Crippen molar-refractivity contribution >= 4 is 39.7 Å². The molecule has 0 aliphatic rings. The first-order chi connectivity index (χ1) is 10.5.